The first-order valence-corrected chi connectivity index (χ1v) is 14.0. The van der Waals surface area contributed by atoms with Crippen molar-refractivity contribution in [1.29, 1.82) is 0 Å². The molecule has 4 rings (SSSR count). The lowest BCUT2D eigenvalue weighted by Gasteiger charge is -2.52. The number of ketones is 4. The van der Waals surface area contributed by atoms with Crippen LogP contribution in [0.3, 0.4) is 0 Å². The summed E-state index contributed by atoms with van der Waals surface area (Å²) in [5.41, 5.74) is -0.0672. The minimum absolute atomic E-state index is 0.0671. The Morgan fingerprint density at radius 1 is 1.17 bits per heavy atom. The lowest BCUT2D eigenvalue weighted by molar-refractivity contribution is -0.181. The summed E-state index contributed by atoms with van der Waals surface area (Å²) in [5, 5.41) is 22.5. The van der Waals surface area contributed by atoms with Gasteiger partial charge in [-0.15, -0.1) is 0 Å². The Morgan fingerprint density at radius 3 is 2.29 bits per heavy atom. The number of alkyl halides is 3. The van der Waals surface area contributed by atoms with Crippen LogP contribution in [0.15, 0.2) is 6.07 Å². The van der Waals surface area contributed by atoms with Crippen LogP contribution in [0.4, 0.5) is 13.2 Å². The lowest BCUT2D eigenvalue weighted by atomic mass is 9.52. The minimum atomic E-state index is -4.91. The zero-order valence-electron chi connectivity index (χ0n) is 24.1. The van der Waals surface area contributed by atoms with Gasteiger partial charge in [0.2, 0.25) is 5.91 Å². The third kappa shape index (κ3) is 4.65. The van der Waals surface area contributed by atoms with E-state index in [0.29, 0.717) is 13.0 Å². The maximum atomic E-state index is 14.7. The molecule has 13 heteroatoms. The molecule has 230 valence electrons. The van der Waals surface area contributed by atoms with Gasteiger partial charge in [0.05, 0.1) is 23.1 Å². The van der Waals surface area contributed by atoms with E-state index in [0.717, 1.165) is 6.07 Å². The number of phenols is 1. The van der Waals surface area contributed by atoms with Crippen molar-refractivity contribution in [2.75, 3.05) is 20.6 Å². The average Bonchev–Trinajstić information content (AvgIpc) is 2.87. The van der Waals surface area contributed by atoms with E-state index in [1.807, 2.05) is 18.7 Å². The number of likely N-dealkylation sites (N-methyl/N-ethyl adjacent to an activating group) is 1. The van der Waals surface area contributed by atoms with Gasteiger partial charge < -0.3 is 15.9 Å². The fourth-order valence-corrected chi connectivity index (χ4v) is 7.28. The smallest absolute Gasteiger partial charge is 0.417 e. The molecule has 10 nitrogen and oxygen atoms in total. The van der Waals surface area contributed by atoms with Crippen molar-refractivity contribution < 1.29 is 47.4 Å². The van der Waals surface area contributed by atoms with Crippen molar-refractivity contribution in [1.82, 2.24) is 9.80 Å². The standard InChI is InChI=1S/C29H36F3N3O7/c1-6-12(3)35(7-2)11-14-10-17(36)19-15(21(14)29(30,31)32)8-13-9-16-22(34(4)5)24(38)20(27(33)41)26(40)28(16,42)25(39)18(13)23(19)37/h10,12-13,16,18,20,22,36,42H,6-9,11H2,1-5H3,(H2,33,41)/t12-,13-,16-,18?,20?,22-,28-/m0/s1. The molecule has 3 aliphatic carbocycles. The number of hydrogen-bond donors (Lipinski definition) is 3. The number of fused-ring (bicyclic) bond motifs is 3. The molecule has 0 aliphatic heterocycles. The van der Waals surface area contributed by atoms with E-state index in [2.05, 4.69) is 0 Å². The highest BCUT2D eigenvalue weighted by atomic mass is 19.4. The first kappa shape index (κ1) is 31.8. The molecular weight excluding hydrogens is 559 g/mol. The first-order valence-electron chi connectivity index (χ1n) is 14.0. The number of hydrogen-bond acceptors (Lipinski definition) is 9. The third-order valence-corrected chi connectivity index (χ3v) is 9.42. The summed E-state index contributed by atoms with van der Waals surface area (Å²) in [6.45, 7) is 5.86. The van der Waals surface area contributed by atoms with Crippen LogP contribution in [0.5, 0.6) is 5.75 Å². The molecule has 0 bridgehead atoms. The number of amides is 1. The number of aromatic hydroxyl groups is 1. The van der Waals surface area contributed by atoms with Gasteiger partial charge in [0.15, 0.2) is 34.7 Å². The molecule has 0 aromatic heterocycles. The summed E-state index contributed by atoms with van der Waals surface area (Å²) < 4.78 is 44.1. The molecule has 1 aromatic carbocycles. The average molecular weight is 596 g/mol. The molecule has 2 unspecified atom stereocenters. The van der Waals surface area contributed by atoms with Crippen molar-refractivity contribution >= 4 is 29.0 Å². The highest BCUT2D eigenvalue weighted by Crippen LogP contribution is 2.52. The normalized spacial score (nSPS) is 30.3. The maximum absolute atomic E-state index is 14.7. The largest absolute Gasteiger partial charge is 0.507 e. The van der Waals surface area contributed by atoms with Gasteiger partial charge in [-0.1, -0.05) is 13.8 Å². The predicted molar refractivity (Wildman–Crippen MR) is 142 cm³/mol. The van der Waals surface area contributed by atoms with Crippen LogP contribution in [-0.2, 0) is 38.3 Å². The molecule has 4 N–H and O–H groups in total. The topological polar surface area (TPSA) is 158 Å². The van der Waals surface area contributed by atoms with Gasteiger partial charge in [-0.25, -0.2) is 0 Å². The van der Waals surface area contributed by atoms with Crippen molar-refractivity contribution in [2.24, 2.45) is 29.4 Å². The van der Waals surface area contributed by atoms with Crippen LogP contribution in [0, 0.1) is 23.7 Å². The van der Waals surface area contributed by atoms with E-state index >= 15 is 0 Å². The van der Waals surface area contributed by atoms with E-state index in [4.69, 9.17) is 5.73 Å². The van der Waals surface area contributed by atoms with Crippen LogP contribution in [0.1, 0.15) is 60.7 Å². The minimum Gasteiger partial charge on any atom is -0.507 e. The number of rotatable bonds is 7. The molecule has 1 aromatic rings. The number of benzene rings is 1. The summed E-state index contributed by atoms with van der Waals surface area (Å²) in [6, 6.07) is -0.518. The summed E-state index contributed by atoms with van der Waals surface area (Å²) in [7, 11) is 2.86. The number of carbonyl (C=O) groups excluding carboxylic acids is 5. The van der Waals surface area contributed by atoms with Crippen LogP contribution < -0.4 is 5.73 Å². The van der Waals surface area contributed by atoms with Crippen molar-refractivity contribution in [3.63, 3.8) is 0 Å². The fraction of sp³-hybridized carbons (Fsp3) is 0.621. The van der Waals surface area contributed by atoms with E-state index in [1.165, 1.54) is 19.0 Å². The Morgan fingerprint density at radius 2 is 1.79 bits per heavy atom. The predicted octanol–water partition coefficient (Wildman–Crippen LogP) is 1.51. The molecule has 0 heterocycles. The van der Waals surface area contributed by atoms with Crippen LogP contribution >= 0.6 is 0 Å². The van der Waals surface area contributed by atoms with Gasteiger partial charge in [0, 0.05) is 18.5 Å². The van der Waals surface area contributed by atoms with Gasteiger partial charge in [-0.3, -0.25) is 33.8 Å². The Kier molecular flexibility index (Phi) is 8.20. The number of aliphatic hydroxyl groups is 1. The van der Waals surface area contributed by atoms with Crippen LogP contribution in [-0.4, -0.2) is 87.4 Å². The highest BCUT2D eigenvalue weighted by Gasteiger charge is 2.69. The number of halogens is 3. The summed E-state index contributed by atoms with van der Waals surface area (Å²) in [5.74, 6) is -13.4. The first-order chi connectivity index (χ1) is 19.4. The lowest BCUT2D eigenvalue weighted by Crippen LogP contribution is -2.74. The monoisotopic (exact) mass is 595 g/mol. The Hall–Kier alpha value is -3.16. The van der Waals surface area contributed by atoms with Crippen molar-refractivity contribution in [2.45, 2.75) is 70.4 Å². The fourth-order valence-electron chi connectivity index (χ4n) is 7.28. The molecule has 42 heavy (non-hydrogen) atoms. The van der Waals surface area contributed by atoms with Gasteiger partial charge >= 0.3 is 6.18 Å². The third-order valence-electron chi connectivity index (χ3n) is 9.42. The van der Waals surface area contributed by atoms with Crippen LogP contribution in [0.2, 0.25) is 0 Å². The molecule has 0 saturated heterocycles. The second-order valence-electron chi connectivity index (χ2n) is 11.9. The molecule has 2 saturated carbocycles. The number of phenolic OH excluding ortho intramolecular Hbond substituents is 1. The molecule has 3 aliphatic rings. The van der Waals surface area contributed by atoms with Gasteiger partial charge in [-0.05, 0) is 69.9 Å². The quantitative estimate of drug-likeness (QED) is 0.397. The van der Waals surface area contributed by atoms with Gasteiger partial charge in [0.1, 0.15) is 5.75 Å². The molecule has 7 atom stereocenters. The maximum Gasteiger partial charge on any atom is 0.417 e. The van der Waals surface area contributed by atoms with E-state index in [-0.39, 0.29) is 24.6 Å². The Balaban J connectivity index is 1.89. The molecule has 0 spiro atoms. The summed E-state index contributed by atoms with van der Waals surface area (Å²) >= 11 is 0. The summed E-state index contributed by atoms with van der Waals surface area (Å²) in [4.78, 5) is 69.3. The SMILES string of the molecule is CC[C@H](C)N(CC)Cc1cc(O)c2c(c1C(F)(F)F)C[C@H]1C[C@H]3[C@H](N(C)C)C(=O)C(C(N)=O)C(=O)[C@@]3(O)C(=O)C1C2=O. The number of nitrogens with zero attached hydrogens (tertiary/aromatic N) is 2. The van der Waals surface area contributed by atoms with E-state index in [9.17, 15) is 47.4 Å². The second-order valence-corrected chi connectivity index (χ2v) is 11.9. The zero-order valence-corrected chi connectivity index (χ0v) is 24.1. The molecule has 2 fully saturated rings. The molecule has 1 amide bonds. The van der Waals surface area contributed by atoms with E-state index < -0.39 is 99.4 Å². The number of nitrogens with two attached hydrogens (primary N) is 1. The van der Waals surface area contributed by atoms with Crippen molar-refractivity contribution in [3.05, 3.63) is 28.3 Å². The van der Waals surface area contributed by atoms with Crippen molar-refractivity contribution in [3.8, 4) is 5.75 Å². The highest BCUT2D eigenvalue weighted by molar-refractivity contribution is 6.32. The number of Topliss-reactive ketones (excluding diaryl/α,β-unsaturated/α-hetero) is 4. The van der Waals surface area contributed by atoms with Gasteiger partial charge in [-0.2, -0.15) is 13.2 Å². The Bertz CT molecular complexity index is 1360. The van der Waals surface area contributed by atoms with Crippen LogP contribution in [0.25, 0.3) is 0 Å². The summed E-state index contributed by atoms with van der Waals surface area (Å²) in [6.07, 6.45) is -5.04. The zero-order chi connectivity index (χ0) is 31.6. The Labute approximate surface area is 241 Å². The van der Waals surface area contributed by atoms with Gasteiger partial charge in [0.25, 0.3) is 0 Å². The second kappa shape index (κ2) is 10.8. The van der Waals surface area contributed by atoms with E-state index in [1.54, 1.807) is 6.92 Å². The number of primary amides is 1. The number of carbonyl (C=O) groups is 5. The molecular formula is C29H36F3N3O7. The molecule has 0 radical (unpaired) electrons.